The van der Waals surface area contributed by atoms with Crippen molar-refractivity contribution in [2.45, 2.75) is 25.7 Å². The summed E-state index contributed by atoms with van der Waals surface area (Å²) in [5, 5.41) is 0. The van der Waals surface area contributed by atoms with Crippen molar-refractivity contribution < 1.29 is 14.4 Å². The summed E-state index contributed by atoms with van der Waals surface area (Å²) < 4.78 is 0.861. The Kier molecular flexibility index (Phi) is 4.29. The average molecular weight is 330 g/mol. The highest BCUT2D eigenvalue weighted by Crippen LogP contribution is 2.23. The monoisotopic (exact) mass is 329 g/mol. The van der Waals surface area contributed by atoms with Crippen LogP contribution >= 0.6 is 27.3 Å². The van der Waals surface area contributed by atoms with Crippen LogP contribution < -0.4 is 0 Å². The normalized spacial score (nSPS) is 16.8. The third kappa shape index (κ3) is 3.05. The maximum absolute atomic E-state index is 12.0. The zero-order chi connectivity index (χ0) is 13.1. The molecule has 0 N–H and O–H groups in total. The van der Waals surface area contributed by atoms with Gasteiger partial charge in [-0.15, -0.1) is 11.3 Å². The molecule has 0 radical (unpaired) electrons. The molecule has 1 aliphatic heterocycles. The highest BCUT2D eigenvalue weighted by molar-refractivity contribution is 9.11. The van der Waals surface area contributed by atoms with E-state index in [0.717, 1.165) is 21.5 Å². The standard InChI is InChI=1S/C12H12BrNO3S/c13-10-6-5-9(18-10)8(15)7-14-11(16)3-1-2-4-12(14)17/h5-6H,1-4,7H2. The third-order valence-electron chi connectivity index (χ3n) is 2.78. The number of hydrogen-bond donors (Lipinski definition) is 0. The Morgan fingerprint density at radius 3 is 2.33 bits per heavy atom. The Balaban J connectivity index is 2.09. The number of nitrogens with zero attached hydrogens (tertiary/aromatic N) is 1. The minimum Gasteiger partial charge on any atom is -0.291 e. The number of hydrogen-bond acceptors (Lipinski definition) is 4. The SMILES string of the molecule is O=C(CN1C(=O)CCCCC1=O)c1ccc(Br)s1. The second kappa shape index (κ2) is 5.75. The van der Waals surface area contributed by atoms with Gasteiger partial charge in [0, 0.05) is 12.8 Å². The fourth-order valence-electron chi connectivity index (χ4n) is 1.82. The molecule has 2 heterocycles. The number of carbonyl (C=O) groups is 3. The quantitative estimate of drug-likeness (QED) is 0.632. The molecule has 0 aromatic carbocycles. The van der Waals surface area contributed by atoms with Crippen LogP contribution in [0.3, 0.4) is 0 Å². The van der Waals surface area contributed by atoms with Gasteiger partial charge in [0.15, 0.2) is 5.78 Å². The van der Waals surface area contributed by atoms with Gasteiger partial charge < -0.3 is 0 Å². The smallest absolute Gasteiger partial charge is 0.229 e. The van der Waals surface area contributed by atoms with Gasteiger partial charge in [-0.25, -0.2) is 0 Å². The summed E-state index contributed by atoms with van der Waals surface area (Å²) in [4.78, 5) is 37.1. The van der Waals surface area contributed by atoms with Gasteiger partial charge in [-0.3, -0.25) is 19.3 Å². The summed E-state index contributed by atoms with van der Waals surface area (Å²) in [6.45, 7) is -0.134. The lowest BCUT2D eigenvalue weighted by Crippen LogP contribution is -2.39. The minimum absolute atomic E-state index is 0.134. The molecular formula is C12H12BrNO3S. The molecule has 96 valence electrons. The molecule has 2 amide bonds. The number of likely N-dealkylation sites (tertiary alicyclic amines) is 1. The molecule has 1 aromatic rings. The lowest BCUT2D eigenvalue weighted by atomic mass is 10.2. The van der Waals surface area contributed by atoms with E-state index in [9.17, 15) is 14.4 Å². The average Bonchev–Trinajstić information content (AvgIpc) is 2.71. The molecular weight excluding hydrogens is 318 g/mol. The van der Waals surface area contributed by atoms with E-state index in [4.69, 9.17) is 0 Å². The van der Waals surface area contributed by atoms with E-state index in [2.05, 4.69) is 15.9 Å². The van der Waals surface area contributed by atoms with Gasteiger partial charge in [-0.05, 0) is 40.9 Å². The van der Waals surface area contributed by atoms with Crippen molar-refractivity contribution in [1.82, 2.24) is 4.90 Å². The van der Waals surface area contributed by atoms with E-state index in [-0.39, 0.29) is 24.1 Å². The van der Waals surface area contributed by atoms with Crippen molar-refractivity contribution in [1.29, 1.82) is 0 Å². The van der Waals surface area contributed by atoms with Gasteiger partial charge in [0.1, 0.15) is 0 Å². The lowest BCUT2D eigenvalue weighted by Gasteiger charge is -2.17. The minimum atomic E-state index is -0.235. The number of carbonyl (C=O) groups excluding carboxylic acids is 3. The number of amides is 2. The van der Waals surface area contributed by atoms with Gasteiger partial charge in [0.2, 0.25) is 11.8 Å². The maximum Gasteiger partial charge on any atom is 0.229 e. The summed E-state index contributed by atoms with van der Waals surface area (Å²) in [6, 6.07) is 3.48. The molecule has 0 spiro atoms. The van der Waals surface area contributed by atoms with Gasteiger partial charge in [0.25, 0.3) is 0 Å². The van der Waals surface area contributed by atoms with Crippen molar-refractivity contribution in [2.24, 2.45) is 0 Å². The first kappa shape index (κ1) is 13.4. The summed E-state index contributed by atoms with van der Waals surface area (Å²) in [6.07, 6.45) is 2.15. The molecule has 1 aromatic heterocycles. The summed E-state index contributed by atoms with van der Waals surface area (Å²) >= 11 is 4.59. The van der Waals surface area contributed by atoms with Crippen molar-refractivity contribution >= 4 is 44.9 Å². The van der Waals surface area contributed by atoms with E-state index in [1.165, 1.54) is 11.3 Å². The zero-order valence-corrected chi connectivity index (χ0v) is 12.1. The summed E-state index contributed by atoms with van der Waals surface area (Å²) in [5.74, 6) is -0.655. The van der Waals surface area contributed by atoms with Gasteiger partial charge >= 0.3 is 0 Å². The van der Waals surface area contributed by atoms with Gasteiger partial charge in [-0.2, -0.15) is 0 Å². The number of rotatable bonds is 3. The van der Waals surface area contributed by atoms with E-state index in [1.54, 1.807) is 12.1 Å². The van der Waals surface area contributed by atoms with Crippen LogP contribution in [0.1, 0.15) is 35.4 Å². The van der Waals surface area contributed by atoms with Crippen molar-refractivity contribution in [3.05, 3.63) is 20.8 Å². The Morgan fingerprint density at radius 1 is 1.22 bits per heavy atom. The van der Waals surface area contributed by atoms with E-state index in [0.29, 0.717) is 17.7 Å². The van der Waals surface area contributed by atoms with Crippen LogP contribution in [-0.2, 0) is 9.59 Å². The highest BCUT2D eigenvalue weighted by atomic mass is 79.9. The first-order valence-corrected chi connectivity index (χ1v) is 7.30. The molecule has 18 heavy (non-hydrogen) atoms. The van der Waals surface area contributed by atoms with Crippen molar-refractivity contribution in [3.8, 4) is 0 Å². The predicted octanol–water partition coefficient (Wildman–Crippen LogP) is 2.62. The molecule has 6 heteroatoms. The van der Waals surface area contributed by atoms with Gasteiger partial charge in [-0.1, -0.05) is 0 Å². The Hall–Kier alpha value is -1.01. The fourth-order valence-corrected chi connectivity index (χ4v) is 3.14. The Morgan fingerprint density at radius 2 is 1.83 bits per heavy atom. The first-order chi connectivity index (χ1) is 8.58. The van der Waals surface area contributed by atoms with Crippen molar-refractivity contribution in [2.75, 3.05) is 6.54 Å². The highest BCUT2D eigenvalue weighted by Gasteiger charge is 2.26. The molecule has 0 unspecified atom stereocenters. The van der Waals surface area contributed by atoms with Crippen LogP contribution in [0.15, 0.2) is 15.9 Å². The van der Waals surface area contributed by atoms with E-state index in [1.807, 2.05) is 0 Å². The summed E-state index contributed by atoms with van der Waals surface area (Å²) in [5.41, 5.74) is 0. The number of imide groups is 1. The topological polar surface area (TPSA) is 54.5 Å². The first-order valence-electron chi connectivity index (χ1n) is 5.69. The third-order valence-corrected chi connectivity index (χ3v) is 4.45. The molecule has 4 nitrogen and oxygen atoms in total. The van der Waals surface area contributed by atoms with Crippen LogP contribution in [0.2, 0.25) is 0 Å². The Bertz CT molecular complexity index is 479. The second-order valence-electron chi connectivity index (χ2n) is 4.11. The summed E-state index contributed by atoms with van der Waals surface area (Å²) in [7, 11) is 0. The number of Topliss-reactive ketones (excluding diaryl/α,β-unsaturated/α-hetero) is 1. The largest absolute Gasteiger partial charge is 0.291 e. The molecule has 2 rings (SSSR count). The van der Waals surface area contributed by atoms with Gasteiger partial charge in [0.05, 0.1) is 15.2 Å². The van der Waals surface area contributed by atoms with Crippen LogP contribution in [0.5, 0.6) is 0 Å². The number of halogens is 1. The van der Waals surface area contributed by atoms with Crippen molar-refractivity contribution in [3.63, 3.8) is 0 Å². The molecule has 1 fully saturated rings. The number of ketones is 1. The molecule has 0 bridgehead atoms. The molecule has 0 aliphatic carbocycles. The lowest BCUT2D eigenvalue weighted by molar-refractivity contribution is -0.143. The molecule has 0 saturated carbocycles. The van der Waals surface area contributed by atoms with Crippen LogP contribution in [0.4, 0.5) is 0 Å². The molecule has 1 aliphatic rings. The molecule has 0 atom stereocenters. The molecule has 1 saturated heterocycles. The fraction of sp³-hybridized carbons (Fsp3) is 0.417. The van der Waals surface area contributed by atoms with E-state index >= 15 is 0 Å². The Labute approximate surface area is 117 Å². The second-order valence-corrected chi connectivity index (χ2v) is 6.57. The van der Waals surface area contributed by atoms with Crippen LogP contribution in [0.25, 0.3) is 0 Å². The number of thiophene rings is 1. The van der Waals surface area contributed by atoms with Crippen LogP contribution in [-0.4, -0.2) is 29.0 Å². The maximum atomic E-state index is 12.0. The zero-order valence-electron chi connectivity index (χ0n) is 9.65. The predicted molar refractivity (Wildman–Crippen MR) is 71.5 cm³/mol. The van der Waals surface area contributed by atoms with Crippen LogP contribution in [0, 0.1) is 0 Å². The van der Waals surface area contributed by atoms with E-state index < -0.39 is 0 Å².